The Morgan fingerprint density at radius 1 is 1.12 bits per heavy atom. The van der Waals surface area contributed by atoms with Gasteiger partial charge in [-0.15, -0.1) is 0 Å². The van der Waals surface area contributed by atoms with Gasteiger partial charge >= 0.3 is 0 Å². The van der Waals surface area contributed by atoms with Gasteiger partial charge in [-0.3, -0.25) is 4.99 Å². The van der Waals surface area contributed by atoms with E-state index in [4.69, 9.17) is 4.74 Å². The largest absolute Gasteiger partial charge is 0.499 e. The van der Waals surface area contributed by atoms with Crippen LogP contribution in [0.1, 0.15) is 31.2 Å². The highest BCUT2D eigenvalue weighted by Gasteiger charge is 2.10. The molecule has 0 bridgehead atoms. The Morgan fingerprint density at radius 2 is 1.94 bits per heavy atom. The zero-order chi connectivity index (χ0) is 11.2. The number of hydrogen-bond acceptors (Lipinski definition) is 2. The van der Waals surface area contributed by atoms with E-state index < -0.39 is 0 Å². The maximum atomic E-state index is 5.46. The fraction of sp³-hybridized carbons (Fsp3) is 0.357. The molecule has 2 rings (SSSR count). The van der Waals surface area contributed by atoms with E-state index in [2.05, 4.69) is 17.1 Å². The van der Waals surface area contributed by atoms with Crippen LogP contribution in [-0.4, -0.2) is 13.3 Å². The number of allylic oxidation sites excluding steroid dienone is 1. The SMILES string of the molecule is CO/C1=C(\c2ccccc2)N=CCCCC1. The van der Waals surface area contributed by atoms with Gasteiger partial charge in [0.25, 0.3) is 0 Å². The van der Waals surface area contributed by atoms with Crippen molar-refractivity contribution in [1.82, 2.24) is 0 Å². The summed E-state index contributed by atoms with van der Waals surface area (Å²) in [6.45, 7) is 0. The first kappa shape index (κ1) is 10.9. The Kier molecular flexibility index (Phi) is 3.76. The molecule has 0 radical (unpaired) electrons. The van der Waals surface area contributed by atoms with Gasteiger partial charge in [0.15, 0.2) is 0 Å². The summed E-state index contributed by atoms with van der Waals surface area (Å²) in [5.41, 5.74) is 2.13. The van der Waals surface area contributed by atoms with Crippen LogP contribution in [0.2, 0.25) is 0 Å². The van der Waals surface area contributed by atoms with E-state index in [9.17, 15) is 0 Å². The zero-order valence-electron chi connectivity index (χ0n) is 9.65. The van der Waals surface area contributed by atoms with E-state index in [-0.39, 0.29) is 0 Å². The van der Waals surface area contributed by atoms with Crippen LogP contribution in [0.15, 0.2) is 41.1 Å². The molecule has 16 heavy (non-hydrogen) atoms. The van der Waals surface area contributed by atoms with Crippen molar-refractivity contribution in [2.24, 2.45) is 4.99 Å². The fourth-order valence-corrected chi connectivity index (χ4v) is 1.90. The topological polar surface area (TPSA) is 21.6 Å². The van der Waals surface area contributed by atoms with Crippen LogP contribution in [-0.2, 0) is 4.74 Å². The van der Waals surface area contributed by atoms with Crippen molar-refractivity contribution >= 4 is 11.9 Å². The minimum atomic E-state index is 0.984. The predicted octanol–water partition coefficient (Wildman–Crippen LogP) is 3.65. The highest BCUT2D eigenvalue weighted by atomic mass is 16.5. The molecule has 1 aliphatic rings. The maximum absolute atomic E-state index is 5.46. The first-order chi connectivity index (χ1) is 7.92. The lowest BCUT2D eigenvalue weighted by Crippen LogP contribution is -1.97. The lowest BCUT2D eigenvalue weighted by Gasteiger charge is -2.13. The lowest BCUT2D eigenvalue weighted by molar-refractivity contribution is 0.276. The summed E-state index contributed by atoms with van der Waals surface area (Å²) in [7, 11) is 1.73. The van der Waals surface area contributed by atoms with Gasteiger partial charge in [0, 0.05) is 18.2 Å². The van der Waals surface area contributed by atoms with Gasteiger partial charge in [-0.25, -0.2) is 0 Å². The quantitative estimate of drug-likeness (QED) is 0.738. The second kappa shape index (κ2) is 5.50. The van der Waals surface area contributed by atoms with Crippen molar-refractivity contribution in [2.45, 2.75) is 25.7 Å². The number of methoxy groups -OCH3 is 1. The van der Waals surface area contributed by atoms with Crippen molar-refractivity contribution in [2.75, 3.05) is 7.11 Å². The van der Waals surface area contributed by atoms with Crippen LogP contribution >= 0.6 is 0 Å². The molecule has 0 aromatic heterocycles. The molecule has 1 aliphatic heterocycles. The number of rotatable bonds is 2. The Morgan fingerprint density at radius 3 is 2.69 bits per heavy atom. The minimum Gasteiger partial charge on any atom is -0.499 e. The second-order valence-electron chi connectivity index (χ2n) is 3.90. The number of hydrogen-bond donors (Lipinski definition) is 0. The smallest absolute Gasteiger partial charge is 0.122 e. The molecule has 0 atom stereocenters. The molecule has 0 saturated carbocycles. The van der Waals surface area contributed by atoms with Gasteiger partial charge in [0.1, 0.15) is 11.5 Å². The van der Waals surface area contributed by atoms with Gasteiger partial charge in [-0.2, -0.15) is 0 Å². The molecule has 0 amide bonds. The van der Waals surface area contributed by atoms with Crippen molar-refractivity contribution < 1.29 is 4.74 Å². The van der Waals surface area contributed by atoms with E-state index in [0.29, 0.717) is 0 Å². The summed E-state index contributed by atoms with van der Waals surface area (Å²) in [5.74, 6) is 1.00. The normalized spacial score (nSPS) is 21.3. The third-order valence-corrected chi connectivity index (χ3v) is 2.77. The van der Waals surface area contributed by atoms with Crippen LogP contribution in [0.4, 0.5) is 0 Å². The molecule has 0 unspecified atom stereocenters. The molecule has 0 spiro atoms. The zero-order valence-corrected chi connectivity index (χ0v) is 9.65. The summed E-state index contributed by atoms with van der Waals surface area (Å²) >= 11 is 0. The van der Waals surface area contributed by atoms with E-state index in [0.717, 1.165) is 29.9 Å². The number of benzene rings is 1. The summed E-state index contributed by atoms with van der Waals surface area (Å²) in [5, 5.41) is 0. The van der Waals surface area contributed by atoms with Crippen molar-refractivity contribution in [1.29, 1.82) is 0 Å². The summed E-state index contributed by atoms with van der Waals surface area (Å²) in [6, 6.07) is 10.2. The first-order valence-corrected chi connectivity index (χ1v) is 5.77. The molecule has 0 saturated heterocycles. The van der Waals surface area contributed by atoms with Gasteiger partial charge < -0.3 is 4.74 Å². The highest BCUT2D eigenvalue weighted by Crippen LogP contribution is 2.25. The standard InChI is InChI=1S/C14H17NO/c1-16-13-10-6-3-7-11-15-14(13)12-8-4-2-5-9-12/h2,4-5,8-9,11H,3,6-7,10H2,1H3/b14-13+,15-11?. The van der Waals surface area contributed by atoms with Crippen LogP contribution in [0, 0.1) is 0 Å². The molecule has 1 aromatic rings. The third kappa shape index (κ3) is 2.51. The van der Waals surface area contributed by atoms with Gasteiger partial charge in [0.05, 0.1) is 7.11 Å². The molecule has 0 aliphatic carbocycles. The summed E-state index contributed by atoms with van der Waals surface area (Å²) in [4.78, 5) is 4.54. The molecule has 0 N–H and O–H groups in total. The molecule has 1 aromatic carbocycles. The van der Waals surface area contributed by atoms with Crippen molar-refractivity contribution in [3.05, 3.63) is 41.7 Å². The highest BCUT2D eigenvalue weighted by molar-refractivity contribution is 5.75. The van der Waals surface area contributed by atoms with Crippen LogP contribution < -0.4 is 0 Å². The Hall–Kier alpha value is -1.57. The molecular formula is C14H17NO. The fourth-order valence-electron chi connectivity index (χ4n) is 1.90. The molecule has 84 valence electrons. The average molecular weight is 215 g/mol. The van der Waals surface area contributed by atoms with Gasteiger partial charge in [-0.05, 0) is 19.3 Å². The molecule has 1 heterocycles. The second-order valence-corrected chi connectivity index (χ2v) is 3.90. The summed E-state index contributed by atoms with van der Waals surface area (Å²) in [6.07, 6.45) is 6.41. The average Bonchev–Trinajstić information content (AvgIpc) is 2.30. The Labute approximate surface area is 96.7 Å². The molecule has 0 fully saturated rings. The van der Waals surface area contributed by atoms with E-state index >= 15 is 0 Å². The van der Waals surface area contributed by atoms with E-state index in [1.54, 1.807) is 7.11 Å². The monoisotopic (exact) mass is 215 g/mol. The molecule has 2 heteroatoms. The van der Waals surface area contributed by atoms with Crippen LogP contribution in [0.5, 0.6) is 0 Å². The van der Waals surface area contributed by atoms with Crippen LogP contribution in [0.25, 0.3) is 5.70 Å². The minimum absolute atomic E-state index is 0.984. The van der Waals surface area contributed by atoms with Crippen molar-refractivity contribution in [3.63, 3.8) is 0 Å². The predicted molar refractivity (Wildman–Crippen MR) is 67.3 cm³/mol. The van der Waals surface area contributed by atoms with Gasteiger partial charge in [0.2, 0.25) is 0 Å². The lowest BCUT2D eigenvalue weighted by atomic mass is 10.1. The van der Waals surface area contributed by atoms with E-state index in [1.807, 2.05) is 24.4 Å². The van der Waals surface area contributed by atoms with Crippen molar-refractivity contribution in [3.8, 4) is 0 Å². The Balaban J connectivity index is 2.39. The van der Waals surface area contributed by atoms with E-state index in [1.165, 1.54) is 12.8 Å². The van der Waals surface area contributed by atoms with Gasteiger partial charge in [-0.1, -0.05) is 30.3 Å². The third-order valence-electron chi connectivity index (χ3n) is 2.77. The number of nitrogens with zero attached hydrogens (tertiary/aromatic N) is 1. The first-order valence-electron chi connectivity index (χ1n) is 5.77. The number of ether oxygens (including phenoxy) is 1. The number of aliphatic imine (C=N–C) groups is 1. The molecule has 2 nitrogen and oxygen atoms in total. The Bertz CT molecular complexity index is 392. The molecular weight excluding hydrogens is 198 g/mol. The van der Waals surface area contributed by atoms with Crippen LogP contribution in [0.3, 0.4) is 0 Å². The maximum Gasteiger partial charge on any atom is 0.122 e. The summed E-state index contributed by atoms with van der Waals surface area (Å²) < 4.78 is 5.46.